The topological polar surface area (TPSA) is 35.6 Å². The van der Waals surface area contributed by atoms with Gasteiger partial charge in [0.25, 0.3) is 0 Å². The maximum atomic E-state index is 13.1. The molecule has 1 fully saturated rings. The van der Waals surface area contributed by atoms with E-state index in [0.717, 1.165) is 36.0 Å². The molecule has 2 aromatic rings. The molecule has 1 amide bonds. The molecule has 0 radical (unpaired) electrons. The van der Waals surface area contributed by atoms with Crippen molar-refractivity contribution in [1.82, 2.24) is 10.2 Å². The zero-order chi connectivity index (χ0) is 25.3. The monoisotopic (exact) mass is 475 g/mol. The first-order chi connectivity index (χ1) is 16.2. The smallest absolute Gasteiger partial charge is 0.384 e. The summed E-state index contributed by atoms with van der Waals surface area (Å²) in [4.78, 5) is 15.7. The van der Waals surface area contributed by atoms with E-state index in [1.165, 1.54) is 12.1 Å². The minimum atomic E-state index is -4.36. The highest BCUT2D eigenvalue weighted by atomic mass is 19.4. The molecule has 1 unspecified atom stereocenters. The van der Waals surface area contributed by atoms with Crippen LogP contribution in [0.4, 0.5) is 18.9 Å². The predicted molar refractivity (Wildman–Crippen MR) is 134 cm³/mol. The lowest BCUT2D eigenvalue weighted by Crippen LogP contribution is -2.48. The third-order valence-electron chi connectivity index (χ3n) is 5.91. The number of carbonyl (C=O) groups excluding carboxylic acids is 1. The second-order valence-electron chi connectivity index (χ2n) is 8.08. The molecule has 0 bridgehead atoms. The molecule has 2 aromatic carbocycles. The fourth-order valence-electron chi connectivity index (χ4n) is 3.88. The normalized spacial score (nSPS) is 15.4. The van der Waals surface area contributed by atoms with Crippen LogP contribution in [-0.4, -0.2) is 37.0 Å². The molecule has 186 valence electrons. The van der Waals surface area contributed by atoms with Gasteiger partial charge in [-0.2, -0.15) is 13.2 Å². The van der Waals surface area contributed by atoms with Crippen molar-refractivity contribution in [3.8, 4) is 0 Å². The Morgan fingerprint density at radius 2 is 1.71 bits per heavy atom. The largest absolute Gasteiger partial charge is 0.416 e. The average Bonchev–Trinajstić information content (AvgIpc) is 2.85. The number of alkyl halides is 3. The van der Waals surface area contributed by atoms with Gasteiger partial charge < -0.3 is 15.1 Å². The lowest BCUT2D eigenvalue weighted by atomic mass is 10.0. The summed E-state index contributed by atoms with van der Waals surface area (Å²) in [7, 11) is 0. The van der Waals surface area contributed by atoms with Crippen LogP contribution in [-0.2, 0) is 11.0 Å². The van der Waals surface area contributed by atoms with Gasteiger partial charge in [0.1, 0.15) is 0 Å². The van der Waals surface area contributed by atoms with Gasteiger partial charge in [0, 0.05) is 51.0 Å². The lowest BCUT2D eigenvalue weighted by molar-refractivity contribution is -0.137. The van der Waals surface area contributed by atoms with Crippen LogP contribution < -0.4 is 10.2 Å². The molecule has 0 saturated carbocycles. The third-order valence-corrected chi connectivity index (χ3v) is 5.91. The van der Waals surface area contributed by atoms with Crippen molar-refractivity contribution in [2.45, 2.75) is 53.3 Å². The average molecular weight is 476 g/mol. The number of piperazine rings is 1. The summed E-state index contributed by atoms with van der Waals surface area (Å²) in [5.74, 6) is 0.107. The molecule has 4 nitrogen and oxygen atoms in total. The summed E-state index contributed by atoms with van der Waals surface area (Å²) >= 11 is 0. The molecule has 1 saturated heterocycles. The SMILES string of the molecule is CC.CC/C(=C\NC(C)c1cccc(N2CCN(C(C)=O)CC2)c1)c1cccc(C(F)(F)F)c1. The molecule has 1 N–H and O–H groups in total. The van der Waals surface area contributed by atoms with Crippen LogP contribution in [0.15, 0.2) is 54.7 Å². The molecule has 0 aromatic heterocycles. The molecule has 0 aliphatic carbocycles. The van der Waals surface area contributed by atoms with Gasteiger partial charge in [0.2, 0.25) is 5.91 Å². The van der Waals surface area contributed by atoms with Gasteiger partial charge in [-0.05, 0) is 54.3 Å². The van der Waals surface area contributed by atoms with Crippen LogP contribution >= 0.6 is 0 Å². The van der Waals surface area contributed by atoms with Crippen molar-refractivity contribution < 1.29 is 18.0 Å². The Morgan fingerprint density at radius 1 is 1.06 bits per heavy atom. The first-order valence-corrected chi connectivity index (χ1v) is 11.9. The number of allylic oxidation sites excluding steroid dienone is 1. The highest BCUT2D eigenvalue weighted by Gasteiger charge is 2.30. The summed E-state index contributed by atoms with van der Waals surface area (Å²) in [6, 6.07) is 13.7. The standard InChI is InChI=1S/C25H30F3N3O.C2H6/c1-4-20(22-8-5-9-23(15-22)25(26,27)28)17-29-18(2)21-7-6-10-24(16-21)31-13-11-30(12-14-31)19(3)32;1-2/h5-10,15-18,29H,4,11-14H2,1-3H3;1-2H3/b20-17+;. The quantitative estimate of drug-likeness (QED) is 0.518. The summed E-state index contributed by atoms with van der Waals surface area (Å²) < 4.78 is 39.2. The van der Waals surface area contributed by atoms with Crippen LogP contribution in [0, 0.1) is 0 Å². The maximum absolute atomic E-state index is 13.1. The van der Waals surface area contributed by atoms with Gasteiger partial charge in [-0.1, -0.05) is 45.0 Å². The van der Waals surface area contributed by atoms with Gasteiger partial charge >= 0.3 is 6.18 Å². The first kappa shape index (κ1) is 27.3. The van der Waals surface area contributed by atoms with E-state index >= 15 is 0 Å². The predicted octanol–water partition coefficient (Wildman–Crippen LogP) is 6.50. The number of rotatable bonds is 6. The Labute approximate surface area is 201 Å². The molecule has 1 heterocycles. The third kappa shape index (κ3) is 7.27. The Morgan fingerprint density at radius 3 is 2.29 bits per heavy atom. The van der Waals surface area contributed by atoms with Gasteiger partial charge in [0.05, 0.1) is 5.56 Å². The molecular weight excluding hydrogens is 439 g/mol. The minimum Gasteiger partial charge on any atom is -0.384 e. The van der Waals surface area contributed by atoms with Gasteiger partial charge in [-0.3, -0.25) is 4.79 Å². The van der Waals surface area contributed by atoms with Crippen LogP contribution in [0.25, 0.3) is 5.57 Å². The van der Waals surface area contributed by atoms with E-state index in [4.69, 9.17) is 0 Å². The van der Waals surface area contributed by atoms with Crippen LogP contribution in [0.3, 0.4) is 0 Å². The van der Waals surface area contributed by atoms with E-state index in [2.05, 4.69) is 22.3 Å². The van der Waals surface area contributed by atoms with Crippen molar-refractivity contribution in [3.63, 3.8) is 0 Å². The zero-order valence-corrected chi connectivity index (χ0v) is 20.7. The lowest BCUT2D eigenvalue weighted by Gasteiger charge is -2.36. The fraction of sp³-hybridized carbons (Fsp3) is 0.444. The summed E-state index contributed by atoms with van der Waals surface area (Å²) in [6.45, 7) is 12.6. The number of nitrogens with one attached hydrogen (secondary N) is 1. The van der Waals surface area contributed by atoms with Crippen molar-refractivity contribution in [2.24, 2.45) is 0 Å². The number of hydrogen-bond donors (Lipinski definition) is 1. The van der Waals surface area contributed by atoms with Crippen molar-refractivity contribution in [3.05, 3.63) is 71.4 Å². The number of carbonyl (C=O) groups is 1. The van der Waals surface area contributed by atoms with E-state index in [1.807, 2.05) is 50.9 Å². The van der Waals surface area contributed by atoms with E-state index in [-0.39, 0.29) is 11.9 Å². The second-order valence-corrected chi connectivity index (χ2v) is 8.08. The summed E-state index contributed by atoms with van der Waals surface area (Å²) in [6.07, 6.45) is -1.92. The second kappa shape index (κ2) is 12.5. The fourth-order valence-corrected chi connectivity index (χ4v) is 3.88. The molecule has 0 spiro atoms. The van der Waals surface area contributed by atoms with Gasteiger partial charge in [-0.15, -0.1) is 0 Å². The Kier molecular flexibility index (Phi) is 10.0. The summed E-state index contributed by atoms with van der Waals surface area (Å²) in [5, 5.41) is 3.34. The van der Waals surface area contributed by atoms with Gasteiger partial charge in [0.15, 0.2) is 0 Å². The molecule has 1 aliphatic rings. The first-order valence-electron chi connectivity index (χ1n) is 11.9. The number of halogens is 3. The highest BCUT2D eigenvalue weighted by Crippen LogP contribution is 2.31. The van der Waals surface area contributed by atoms with E-state index in [0.29, 0.717) is 25.1 Å². The number of nitrogens with zero attached hydrogens (tertiary/aromatic N) is 2. The molecule has 7 heteroatoms. The molecule has 34 heavy (non-hydrogen) atoms. The number of amides is 1. The maximum Gasteiger partial charge on any atom is 0.416 e. The number of benzene rings is 2. The van der Waals surface area contributed by atoms with Gasteiger partial charge in [-0.25, -0.2) is 0 Å². The van der Waals surface area contributed by atoms with E-state index in [9.17, 15) is 18.0 Å². The van der Waals surface area contributed by atoms with Crippen LogP contribution in [0.2, 0.25) is 0 Å². The number of anilines is 1. The minimum absolute atomic E-state index is 0.0131. The summed E-state index contributed by atoms with van der Waals surface area (Å²) in [5.41, 5.74) is 2.95. The number of hydrogen-bond acceptors (Lipinski definition) is 3. The van der Waals surface area contributed by atoms with E-state index < -0.39 is 11.7 Å². The molecule has 3 rings (SSSR count). The molecule has 1 atom stereocenters. The zero-order valence-electron chi connectivity index (χ0n) is 20.7. The van der Waals surface area contributed by atoms with Crippen molar-refractivity contribution in [2.75, 3.05) is 31.1 Å². The molecular formula is C27H36F3N3O. The Balaban J connectivity index is 0.00000199. The Bertz CT molecular complexity index is 964. The van der Waals surface area contributed by atoms with Crippen LogP contribution in [0.1, 0.15) is 63.8 Å². The highest BCUT2D eigenvalue weighted by molar-refractivity contribution is 5.73. The Hall–Kier alpha value is -2.96. The van der Waals surface area contributed by atoms with Crippen molar-refractivity contribution >= 4 is 17.2 Å². The van der Waals surface area contributed by atoms with Crippen LogP contribution in [0.5, 0.6) is 0 Å². The molecule has 1 aliphatic heterocycles. The van der Waals surface area contributed by atoms with E-state index in [1.54, 1.807) is 13.0 Å². The van der Waals surface area contributed by atoms with Crippen molar-refractivity contribution in [1.29, 1.82) is 0 Å².